The first-order valence-corrected chi connectivity index (χ1v) is 5.67. The fraction of sp³-hybridized carbons (Fsp3) is 0.833. The maximum atomic E-state index is 11.8. The Morgan fingerprint density at radius 2 is 1.80 bits per heavy atom. The molecule has 3 heteroatoms. The summed E-state index contributed by atoms with van der Waals surface area (Å²) in [6, 6.07) is 0. The van der Waals surface area contributed by atoms with Crippen molar-refractivity contribution in [2.75, 3.05) is 7.11 Å². The third-order valence-corrected chi connectivity index (χ3v) is 3.18. The van der Waals surface area contributed by atoms with Gasteiger partial charge in [0.05, 0.1) is 13.0 Å². The van der Waals surface area contributed by atoms with Crippen molar-refractivity contribution in [3.8, 4) is 0 Å². The van der Waals surface area contributed by atoms with Gasteiger partial charge < -0.3 is 4.74 Å². The van der Waals surface area contributed by atoms with Crippen LogP contribution < -0.4 is 0 Å². The zero-order valence-electron chi connectivity index (χ0n) is 9.79. The first kappa shape index (κ1) is 12.2. The number of hydrogen-bond donors (Lipinski definition) is 0. The van der Waals surface area contributed by atoms with Crippen molar-refractivity contribution in [2.45, 2.75) is 39.5 Å². The summed E-state index contributed by atoms with van der Waals surface area (Å²) >= 11 is 0. The average molecular weight is 212 g/mol. The van der Waals surface area contributed by atoms with Crippen LogP contribution in [0.15, 0.2) is 0 Å². The Hall–Kier alpha value is -0.860. The third kappa shape index (κ3) is 3.05. The summed E-state index contributed by atoms with van der Waals surface area (Å²) in [5.41, 5.74) is 0. The van der Waals surface area contributed by atoms with Crippen LogP contribution in [0.1, 0.15) is 39.5 Å². The first-order chi connectivity index (χ1) is 7.06. The predicted molar refractivity (Wildman–Crippen MR) is 57.3 cm³/mol. The molecule has 0 bridgehead atoms. The predicted octanol–water partition coefficient (Wildman–Crippen LogP) is 2.19. The molecule has 3 nitrogen and oxygen atoms in total. The number of rotatable bonds is 3. The minimum Gasteiger partial charge on any atom is -0.469 e. The lowest BCUT2D eigenvalue weighted by atomic mass is 9.77. The van der Waals surface area contributed by atoms with Crippen molar-refractivity contribution in [3.05, 3.63) is 0 Å². The Morgan fingerprint density at radius 1 is 1.20 bits per heavy atom. The average Bonchev–Trinajstić information content (AvgIpc) is 2.27. The van der Waals surface area contributed by atoms with Crippen molar-refractivity contribution in [1.82, 2.24) is 0 Å². The Balaban J connectivity index is 2.56. The highest BCUT2D eigenvalue weighted by molar-refractivity contribution is 5.83. The molecular formula is C12H20O3. The minimum absolute atomic E-state index is 0.0588. The lowest BCUT2D eigenvalue weighted by Crippen LogP contribution is -2.30. The Labute approximate surface area is 91.2 Å². The van der Waals surface area contributed by atoms with Crippen LogP contribution in [0.5, 0.6) is 0 Å². The molecule has 2 atom stereocenters. The largest absolute Gasteiger partial charge is 0.469 e. The van der Waals surface area contributed by atoms with Gasteiger partial charge in [-0.15, -0.1) is 0 Å². The molecule has 1 saturated carbocycles. The van der Waals surface area contributed by atoms with E-state index in [4.69, 9.17) is 4.74 Å². The van der Waals surface area contributed by atoms with Gasteiger partial charge in [0.15, 0.2) is 0 Å². The van der Waals surface area contributed by atoms with E-state index in [1.807, 2.05) is 13.8 Å². The quantitative estimate of drug-likeness (QED) is 0.673. The zero-order valence-corrected chi connectivity index (χ0v) is 9.79. The maximum absolute atomic E-state index is 11.8. The molecule has 0 spiro atoms. The molecule has 0 saturated heterocycles. The molecule has 0 N–H and O–H groups in total. The summed E-state index contributed by atoms with van der Waals surface area (Å²) in [6.07, 6.45) is 3.45. The lowest BCUT2D eigenvalue weighted by molar-refractivity contribution is -0.147. The second-order valence-corrected chi connectivity index (χ2v) is 4.64. The van der Waals surface area contributed by atoms with Crippen LogP contribution >= 0.6 is 0 Å². The van der Waals surface area contributed by atoms with Crippen LogP contribution in [0.25, 0.3) is 0 Å². The number of Topliss-reactive ketones (excluding diaryl/α,β-unsaturated/α-hetero) is 1. The summed E-state index contributed by atoms with van der Waals surface area (Å²) in [7, 11) is 1.41. The summed E-state index contributed by atoms with van der Waals surface area (Å²) in [6.45, 7) is 3.84. The van der Waals surface area contributed by atoms with E-state index in [2.05, 4.69) is 0 Å². The van der Waals surface area contributed by atoms with Gasteiger partial charge in [-0.25, -0.2) is 0 Å². The topological polar surface area (TPSA) is 43.4 Å². The minimum atomic E-state index is -0.156. The number of ether oxygens (including phenoxy) is 1. The van der Waals surface area contributed by atoms with Crippen molar-refractivity contribution < 1.29 is 14.3 Å². The fourth-order valence-corrected chi connectivity index (χ4v) is 2.30. The van der Waals surface area contributed by atoms with Gasteiger partial charge in [-0.05, 0) is 19.3 Å². The third-order valence-electron chi connectivity index (χ3n) is 3.18. The number of ketones is 1. The van der Waals surface area contributed by atoms with Crippen molar-refractivity contribution in [2.24, 2.45) is 17.8 Å². The summed E-state index contributed by atoms with van der Waals surface area (Å²) in [5.74, 6) is 0.227. The highest BCUT2D eigenvalue weighted by Crippen LogP contribution is 2.31. The van der Waals surface area contributed by atoms with E-state index in [0.29, 0.717) is 12.2 Å². The molecule has 1 aliphatic rings. The summed E-state index contributed by atoms with van der Waals surface area (Å²) < 4.78 is 4.73. The summed E-state index contributed by atoms with van der Waals surface area (Å²) in [4.78, 5) is 23.2. The van der Waals surface area contributed by atoms with Crippen LogP contribution in [0, 0.1) is 17.8 Å². The number of carbonyl (C=O) groups is 2. The van der Waals surface area contributed by atoms with E-state index in [9.17, 15) is 9.59 Å². The molecule has 1 aliphatic carbocycles. The van der Waals surface area contributed by atoms with E-state index in [0.717, 1.165) is 19.3 Å². The van der Waals surface area contributed by atoms with Gasteiger partial charge in [0.25, 0.3) is 0 Å². The number of esters is 1. The Morgan fingerprint density at radius 3 is 2.33 bits per heavy atom. The van der Waals surface area contributed by atoms with Crippen LogP contribution in [0.2, 0.25) is 0 Å². The maximum Gasteiger partial charge on any atom is 0.308 e. The van der Waals surface area contributed by atoms with Crippen molar-refractivity contribution >= 4 is 11.8 Å². The first-order valence-electron chi connectivity index (χ1n) is 5.67. The van der Waals surface area contributed by atoms with E-state index in [-0.39, 0.29) is 23.7 Å². The van der Waals surface area contributed by atoms with Crippen LogP contribution in [0.4, 0.5) is 0 Å². The highest BCUT2D eigenvalue weighted by atomic mass is 16.5. The van der Waals surface area contributed by atoms with Gasteiger partial charge in [0, 0.05) is 11.8 Å². The standard InChI is InChI=1S/C12H20O3/c1-8(2)11(13)9-5-4-6-10(7-9)12(14)15-3/h8-10H,4-7H2,1-3H3/t9-,10+/m0/s1. The molecule has 1 rings (SSSR count). The molecule has 1 fully saturated rings. The molecule has 0 amide bonds. The highest BCUT2D eigenvalue weighted by Gasteiger charge is 2.32. The van der Waals surface area contributed by atoms with E-state index >= 15 is 0 Å². The van der Waals surface area contributed by atoms with E-state index < -0.39 is 0 Å². The number of carbonyl (C=O) groups excluding carboxylic acids is 2. The van der Waals surface area contributed by atoms with Crippen LogP contribution in [-0.2, 0) is 14.3 Å². The molecule has 0 radical (unpaired) electrons. The van der Waals surface area contributed by atoms with Crippen LogP contribution in [-0.4, -0.2) is 18.9 Å². The summed E-state index contributed by atoms with van der Waals surface area (Å²) in [5, 5.41) is 0. The van der Waals surface area contributed by atoms with Crippen molar-refractivity contribution in [1.29, 1.82) is 0 Å². The van der Waals surface area contributed by atoms with Gasteiger partial charge in [-0.2, -0.15) is 0 Å². The number of hydrogen-bond acceptors (Lipinski definition) is 3. The monoisotopic (exact) mass is 212 g/mol. The van der Waals surface area contributed by atoms with Crippen LogP contribution in [0.3, 0.4) is 0 Å². The molecule has 0 heterocycles. The molecule has 15 heavy (non-hydrogen) atoms. The molecule has 0 aromatic carbocycles. The smallest absolute Gasteiger partial charge is 0.308 e. The normalized spacial score (nSPS) is 26.4. The van der Waals surface area contributed by atoms with Crippen molar-refractivity contribution in [3.63, 3.8) is 0 Å². The second kappa shape index (κ2) is 5.29. The number of methoxy groups -OCH3 is 1. The SMILES string of the molecule is COC(=O)[C@@H]1CCC[C@H](C(=O)C(C)C)C1. The Kier molecular flexibility index (Phi) is 4.30. The Bertz CT molecular complexity index is 245. The van der Waals surface area contributed by atoms with E-state index in [1.165, 1.54) is 7.11 Å². The van der Waals surface area contributed by atoms with E-state index in [1.54, 1.807) is 0 Å². The zero-order chi connectivity index (χ0) is 11.4. The molecule has 0 aliphatic heterocycles. The lowest BCUT2D eigenvalue weighted by Gasteiger charge is -2.27. The van der Waals surface area contributed by atoms with Gasteiger partial charge in [0.2, 0.25) is 0 Å². The molecule has 0 unspecified atom stereocenters. The fourth-order valence-electron chi connectivity index (χ4n) is 2.30. The second-order valence-electron chi connectivity index (χ2n) is 4.64. The van der Waals surface area contributed by atoms with Gasteiger partial charge in [-0.1, -0.05) is 20.3 Å². The molecule has 0 aromatic heterocycles. The van der Waals surface area contributed by atoms with Gasteiger partial charge in [-0.3, -0.25) is 9.59 Å². The van der Waals surface area contributed by atoms with Gasteiger partial charge >= 0.3 is 5.97 Å². The molecular weight excluding hydrogens is 192 g/mol. The molecule has 86 valence electrons. The van der Waals surface area contributed by atoms with Gasteiger partial charge in [0.1, 0.15) is 5.78 Å². The molecule has 0 aromatic rings.